The lowest BCUT2D eigenvalue weighted by Crippen LogP contribution is -2.71. The fourth-order valence-electron chi connectivity index (χ4n) is 9.65. The van der Waals surface area contributed by atoms with E-state index in [1.165, 1.54) is 84.9 Å². The van der Waals surface area contributed by atoms with Gasteiger partial charge in [-0.3, -0.25) is 51.0 Å². The first-order valence-electron chi connectivity index (χ1n) is 25.7. The van der Waals surface area contributed by atoms with Gasteiger partial charge in [-0.05, 0) is 55.0 Å². The van der Waals surface area contributed by atoms with E-state index in [0.29, 0.717) is 0 Å². The van der Waals surface area contributed by atoms with Crippen molar-refractivity contribution in [3.8, 4) is 0 Å². The summed E-state index contributed by atoms with van der Waals surface area (Å²) < 4.78 is 306. The molecule has 0 aromatic heterocycles. The van der Waals surface area contributed by atoms with Gasteiger partial charge < -0.3 is 40.2 Å². The SMILES string of the molecule is O=C(NCC1O[C@@H](OC2C(NC(=O)c3ccccc3)C[C@@H](NC(=O)c3ccccc3)[C@H](OC3OC(COS(=O)(=O)O)[C@@H](OS(=O)(=O)O)[C@H](NC(=O)c4ccccc4)[C@H]3OS(=O)(=O)O)[C@H]2OS(=O)(=O)O)[C@H](OS(=O)(=O)O)[C@@H](OS(=O)(=O)O)C1OS(=O)(=O)O)c1ccccc1. The quantitative estimate of drug-likeness (QED) is 0.0259. The van der Waals surface area contributed by atoms with E-state index in [4.69, 9.17) is 31.5 Å². The van der Waals surface area contributed by atoms with Crippen LogP contribution in [-0.4, -0.2) is 219 Å². The topological polar surface area (TPSA) is 599 Å². The Morgan fingerprint density at radius 3 is 1.06 bits per heavy atom. The molecule has 1 saturated carbocycles. The standard InChI is InChI=1S/C46H52N4O36S7/c51-41(24-13-5-1-6-14-24)47-22-30-36(82-89(61,62)63)39(85-92(70,71)72)40(86-93(73,74)75)46(77-30)80-34-29(49-43(53)26-17-9-3-10-18-26)21-28(48-42(52)25-15-7-2-8-16-25)33(38(34)84-91(67,68)69)79-45-37(83-90(64,65)66)32(50-44(54)27-19-11-4-12-20-27)35(81-88(58,59)60)31(78-45)23-76-87(55,56)57/h1-20,28-40,45-46H,21-23H2,(H,47,51)(H,48,52)(H,49,53)(H,50,54)(H,55,56,57)(H,58,59,60)(H,61,62,63)(H,64,65,66)(H,67,68,69)(H,70,71,72)(H,73,74,75)/t28-,29?,30?,31?,32+,33+,34?,35-,36?,37-,38-,39+,40-,45?,46+/m1/s1. The molecule has 47 heteroatoms. The summed E-state index contributed by atoms with van der Waals surface area (Å²) in [5.74, 6) is -4.92. The van der Waals surface area contributed by atoms with Gasteiger partial charge in [0.2, 0.25) is 0 Å². The lowest BCUT2D eigenvalue weighted by Gasteiger charge is -2.51. The van der Waals surface area contributed by atoms with E-state index in [9.17, 15) is 110 Å². The highest BCUT2D eigenvalue weighted by molar-refractivity contribution is 7.82. The van der Waals surface area contributed by atoms with Crippen molar-refractivity contribution in [2.45, 2.75) is 98.2 Å². The lowest BCUT2D eigenvalue weighted by molar-refractivity contribution is -0.323. The summed E-state index contributed by atoms with van der Waals surface area (Å²) in [6.07, 6.45) is -36.4. The third-order valence-electron chi connectivity index (χ3n) is 13.1. The summed E-state index contributed by atoms with van der Waals surface area (Å²) in [6, 6.07) is 18.1. The van der Waals surface area contributed by atoms with Crippen molar-refractivity contribution in [3.05, 3.63) is 144 Å². The van der Waals surface area contributed by atoms with Gasteiger partial charge in [0.15, 0.2) is 24.8 Å². The van der Waals surface area contributed by atoms with Crippen molar-refractivity contribution in [3.63, 3.8) is 0 Å². The second kappa shape index (κ2) is 30.2. The summed E-state index contributed by atoms with van der Waals surface area (Å²) in [7, 11) is -42.6. The van der Waals surface area contributed by atoms with Crippen LogP contribution in [0.4, 0.5) is 0 Å². The molecule has 1 aliphatic carbocycles. The molecule has 514 valence electrons. The molecule has 3 fully saturated rings. The summed E-state index contributed by atoms with van der Waals surface area (Å²) in [5, 5.41) is 8.98. The maximum Gasteiger partial charge on any atom is 0.397 e. The van der Waals surface area contributed by atoms with Gasteiger partial charge in [-0.2, -0.15) is 58.9 Å². The van der Waals surface area contributed by atoms with E-state index < -0.39 is 213 Å². The molecule has 40 nitrogen and oxygen atoms in total. The molecule has 4 amide bonds. The van der Waals surface area contributed by atoms with Gasteiger partial charge >= 0.3 is 72.8 Å². The molecule has 0 bridgehead atoms. The van der Waals surface area contributed by atoms with E-state index in [2.05, 4.69) is 32.7 Å². The largest absolute Gasteiger partial charge is 0.397 e. The molecule has 0 radical (unpaired) electrons. The van der Waals surface area contributed by atoms with Crippen molar-refractivity contribution in [1.82, 2.24) is 21.3 Å². The molecule has 93 heavy (non-hydrogen) atoms. The second-order valence-corrected chi connectivity index (χ2v) is 26.9. The molecule has 2 saturated heterocycles. The first kappa shape index (κ1) is 74.1. The van der Waals surface area contributed by atoms with Gasteiger partial charge in [0.25, 0.3) is 23.6 Å². The lowest BCUT2D eigenvalue weighted by atomic mass is 9.82. The number of nitrogens with one attached hydrogen (secondary N) is 4. The molecule has 7 rings (SSSR count). The average Bonchev–Trinajstić information content (AvgIpc) is 0.771. The van der Waals surface area contributed by atoms with E-state index >= 15 is 0 Å². The molecule has 6 unspecified atom stereocenters. The number of carbonyl (C=O) groups excluding carboxylic acids is 4. The Kier molecular flexibility index (Phi) is 24.0. The molecule has 3 aliphatic rings. The Morgan fingerprint density at radius 1 is 0.366 bits per heavy atom. The van der Waals surface area contributed by atoms with Gasteiger partial charge in [-0.1, -0.05) is 72.8 Å². The Balaban J connectivity index is 1.49. The fourth-order valence-corrected chi connectivity index (χ4v) is 13.0. The molecule has 2 heterocycles. The summed E-state index contributed by atoms with van der Waals surface area (Å²) in [4.78, 5) is 56.1. The third kappa shape index (κ3) is 22.7. The normalized spacial score (nSPS) is 27.5. The molecule has 4 aromatic carbocycles. The molecule has 2 aliphatic heterocycles. The van der Waals surface area contributed by atoms with Crippen LogP contribution in [0.1, 0.15) is 47.9 Å². The number of rotatable bonds is 28. The second-order valence-electron chi connectivity index (χ2n) is 19.5. The summed E-state index contributed by atoms with van der Waals surface area (Å²) in [6.45, 7) is -2.99. The highest BCUT2D eigenvalue weighted by atomic mass is 32.3. The molecule has 15 atom stereocenters. The fraction of sp³-hybridized carbons (Fsp3) is 0.391. The molecule has 0 spiro atoms. The zero-order valence-electron chi connectivity index (χ0n) is 46.2. The summed E-state index contributed by atoms with van der Waals surface area (Å²) >= 11 is 0. The number of amides is 4. The molecular formula is C46H52N4O36S7. The van der Waals surface area contributed by atoms with Crippen LogP contribution in [0.3, 0.4) is 0 Å². The Morgan fingerprint density at radius 2 is 0.677 bits per heavy atom. The van der Waals surface area contributed by atoms with Crippen LogP contribution in [0.15, 0.2) is 121 Å². The molecule has 4 aromatic rings. The Hall–Kier alpha value is -6.31. The Labute approximate surface area is 528 Å². The van der Waals surface area contributed by atoms with Crippen molar-refractivity contribution < 1.29 is 158 Å². The zero-order valence-corrected chi connectivity index (χ0v) is 51.9. The first-order chi connectivity index (χ1) is 43.1. The highest BCUT2D eigenvalue weighted by Crippen LogP contribution is 2.39. The van der Waals surface area contributed by atoms with Gasteiger partial charge in [-0.15, -0.1) is 0 Å². The number of carbonyl (C=O) groups is 4. The van der Waals surface area contributed by atoms with Gasteiger partial charge in [0.05, 0.1) is 24.7 Å². The van der Waals surface area contributed by atoms with Crippen LogP contribution < -0.4 is 21.3 Å². The van der Waals surface area contributed by atoms with Crippen LogP contribution in [0.5, 0.6) is 0 Å². The average molecular weight is 1460 g/mol. The predicted molar refractivity (Wildman–Crippen MR) is 300 cm³/mol. The van der Waals surface area contributed by atoms with E-state index in [1.807, 2.05) is 5.32 Å². The van der Waals surface area contributed by atoms with Crippen LogP contribution in [0.2, 0.25) is 0 Å². The minimum absolute atomic E-state index is 0.175. The summed E-state index contributed by atoms with van der Waals surface area (Å²) in [5.41, 5.74) is -1.15. The Bertz CT molecular complexity index is 4130. The highest BCUT2D eigenvalue weighted by Gasteiger charge is 2.60. The number of benzene rings is 4. The molecular weight excluding hydrogens is 1410 g/mol. The van der Waals surface area contributed by atoms with Gasteiger partial charge in [0.1, 0.15) is 48.8 Å². The van der Waals surface area contributed by atoms with Crippen LogP contribution in [0.25, 0.3) is 0 Å². The zero-order chi connectivity index (χ0) is 68.6. The predicted octanol–water partition coefficient (Wildman–Crippen LogP) is -2.62. The van der Waals surface area contributed by atoms with E-state index in [-0.39, 0.29) is 16.7 Å². The van der Waals surface area contributed by atoms with Crippen molar-refractivity contribution in [1.29, 1.82) is 0 Å². The monoisotopic (exact) mass is 1460 g/mol. The minimum atomic E-state index is -6.29. The van der Waals surface area contributed by atoms with Crippen molar-refractivity contribution in [2.75, 3.05) is 13.2 Å². The van der Waals surface area contributed by atoms with E-state index in [1.54, 1.807) is 0 Å². The van der Waals surface area contributed by atoms with Crippen LogP contribution >= 0.6 is 0 Å². The van der Waals surface area contributed by atoms with E-state index in [0.717, 1.165) is 36.4 Å². The van der Waals surface area contributed by atoms with Gasteiger partial charge in [0, 0.05) is 28.8 Å². The maximum absolute atomic E-state index is 14.3. The van der Waals surface area contributed by atoms with Crippen molar-refractivity contribution in [2.24, 2.45) is 0 Å². The van der Waals surface area contributed by atoms with Crippen LogP contribution in [-0.2, 0) is 121 Å². The van der Waals surface area contributed by atoms with Gasteiger partial charge in [-0.25, -0.2) is 29.3 Å². The minimum Gasteiger partial charge on any atom is -0.349 e. The molecule has 11 N–H and O–H groups in total. The van der Waals surface area contributed by atoms with Crippen LogP contribution in [0, 0.1) is 0 Å². The number of hydrogen-bond donors (Lipinski definition) is 11. The van der Waals surface area contributed by atoms with Crippen molar-refractivity contribution >= 4 is 96.4 Å². The smallest absolute Gasteiger partial charge is 0.349 e. The first-order valence-corrected chi connectivity index (χ1v) is 35.2. The third-order valence-corrected chi connectivity index (χ3v) is 16.3. The maximum atomic E-state index is 14.3. The number of ether oxygens (including phenoxy) is 4. The number of hydrogen-bond acceptors (Lipinski definition) is 29.